The summed E-state index contributed by atoms with van der Waals surface area (Å²) in [7, 11) is 1.50. The van der Waals surface area contributed by atoms with Crippen LogP contribution in [-0.2, 0) is 11.4 Å². The molecule has 2 rings (SSSR count). The zero-order chi connectivity index (χ0) is 14.4. The number of halogens is 1. The van der Waals surface area contributed by atoms with Gasteiger partial charge in [-0.1, -0.05) is 35.5 Å². The number of benzene rings is 2. The van der Waals surface area contributed by atoms with Crippen molar-refractivity contribution in [2.45, 2.75) is 13.5 Å². The maximum Gasteiger partial charge on any atom is 0.142 e. The Bertz CT molecular complexity index is 597. The van der Waals surface area contributed by atoms with Crippen molar-refractivity contribution < 1.29 is 14.0 Å². The summed E-state index contributed by atoms with van der Waals surface area (Å²) in [6, 6.07) is 14.2. The largest absolute Gasteiger partial charge is 0.497 e. The summed E-state index contributed by atoms with van der Waals surface area (Å²) >= 11 is 0. The quantitative estimate of drug-likeness (QED) is 0.613. The molecular weight excluding hydrogens is 257 g/mol. The third-order valence-corrected chi connectivity index (χ3v) is 2.80. The fraction of sp³-hybridized carbons (Fsp3) is 0.188. The molecule has 0 aromatic heterocycles. The number of hydrogen-bond donors (Lipinski definition) is 0. The van der Waals surface area contributed by atoms with Crippen molar-refractivity contribution in [1.29, 1.82) is 0 Å². The molecule has 0 amide bonds. The highest BCUT2D eigenvalue weighted by Crippen LogP contribution is 2.16. The van der Waals surface area contributed by atoms with Gasteiger partial charge < -0.3 is 9.57 Å². The van der Waals surface area contributed by atoms with Crippen LogP contribution in [0.3, 0.4) is 0 Å². The molecule has 0 saturated carbocycles. The van der Waals surface area contributed by atoms with Crippen LogP contribution in [0.4, 0.5) is 4.39 Å². The van der Waals surface area contributed by atoms with Crippen LogP contribution in [0.2, 0.25) is 0 Å². The van der Waals surface area contributed by atoms with E-state index in [1.165, 1.54) is 19.2 Å². The van der Waals surface area contributed by atoms with Crippen molar-refractivity contribution in [3.63, 3.8) is 0 Å². The van der Waals surface area contributed by atoms with Crippen LogP contribution in [0.1, 0.15) is 18.1 Å². The van der Waals surface area contributed by atoms with E-state index in [4.69, 9.17) is 9.57 Å². The number of nitrogens with zero attached hydrogens (tertiary/aromatic N) is 1. The second-order valence-corrected chi connectivity index (χ2v) is 4.32. The van der Waals surface area contributed by atoms with Crippen molar-refractivity contribution in [2.24, 2.45) is 5.16 Å². The molecule has 0 unspecified atom stereocenters. The fourth-order valence-electron chi connectivity index (χ4n) is 1.72. The number of rotatable bonds is 5. The highest BCUT2D eigenvalue weighted by atomic mass is 19.1. The number of methoxy groups -OCH3 is 1. The van der Waals surface area contributed by atoms with E-state index < -0.39 is 0 Å². The first-order valence-electron chi connectivity index (χ1n) is 6.24. The van der Waals surface area contributed by atoms with Gasteiger partial charge in [0.05, 0.1) is 12.8 Å². The van der Waals surface area contributed by atoms with Gasteiger partial charge >= 0.3 is 0 Å². The second-order valence-electron chi connectivity index (χ2n) is 4.32. The van der Waals surface area contributed by atoms with Crippen LogP contribution in [-0.4, -0.2) is 12.8 Å². The third kappa shape index (κ3) is 3.82. The third-order valence-electron chi connectivity index (χ3n) is 2.80. The summed E-state index contributed by atoms with van der Waals surface area (Å²) in [6.07, 6.45) is 0. The summed E-state index contributed by atoms with van der Waals surface area (Å²) in [5.74, 6) is 0.0922. The summed E-state index contributed by atoms with van der Waals surface area (Å²) in [5, 5.41) is 4.00. The summed E-state index contributed by atoms with van der Waals surface area (Å²) in [4.78, 5) is 5.27. The highest BCUT2D eigenvalue weighted by molar-refractivity contribution is 5.98. The Hall–Kier alpha value is -2.36. The van der Waals surface area contributed by atoms with Crippen LogP contribution in [0.25, 0.3) is 0 Å². The van der Waals surface area contributed by atoms with Crippen molar-refractivity contribution in [1.82, 2.24) is 0 Å². The normalized spacial score (nSPS) is 11.2. The van der Waals surface area contributed by atoms with E-state index in [2.05, 4.69) is 5.16 Å². The topological polar surface area (TPSA) is 30.8 Å². The molecule has 0 spiro atoms. The van der Waals surface area contributed by atoms with Gasteiger partial charge in [0.2, 0.25) is 0 Å². The highest BCUT2D eigenvalue weighted by Gasteiger charge is 2.04. The smallest absolute Gasteiger partial charge is 0.142 e. The molecule has 20 heavy (non-hydrogen) atoms. The van der Waals surface area contributed by atoms with Crippen LogP contribution in [0.15, 0.2) is 53.7 Å². The summed E-state index contributed by atoms with van der Waals surface area (Å²) in [5.41, 5.74) is 2.26. The van der Waals surface area contributed by atoms with E-state index in [1.807, 2.05) is 30.3 Å². The average molecular weight is 273 g/mol. The van der Waals surface area contributed by atoms with Crippen molar-refractivity contribution in [3.8, 4) is 5.75 Å². The minimum absolute atomic E-state index is 0.364. The molecule has 0 aliphatic rings. The molecule has 0 heterocycles. The van der Waals surface area contributed by atoms with E-state index >= 15 is 0 Å². The van der Waals surface area contributed by atoms with E-state index in [-0.39, 0.29) is 5.82 Å². The zero-order valence-electron chi connectivity index (χ0n) is 11.5. The lowest BCUT2D eigenvalue weighted by atomic mass is 10.1. The summed E-state index contributed by atoms with van der Waals surface area (Å²) < 4.78 is 18.4. The molecule has 104 valence electrons. The van der Waals surface area contributed by atoms with Crippen molar-refractivity contribution >= 4 is 5.71 Å². The molecule has 0 radical (unpaired) electrons. The molecule has 4 heteroatoms. The van der Waals surface area contributed by atoms with Gasteiger partial charge in [-0.2, -0.15) is 0 Å². The van der Waals surface area contributed by atoms with Gasteiger partial charge in [0.25, 0.3) is 0 Å². The van der Waals surface area contributed by atoms with E-state index in [0.29, 0.717) is 23.6 Å². The Morgan fingerprint density at radius 3 is 2.60 bits per heavy atom. The molecule has 0 atom stereocenters. The first-order valence-corrected chi connectivity index (χ1v) is 6.24. The predicted octanol–water partition coefficient (Wildman–Crippen LogP) is 3.78. The van der Waals surface area contributed by atoms with Gasteiger partial charge in [-0.25, -0.2) is 4.39 Å². The van der Waals surface area contributed by atoms with Gasteiger partial charge in [-0.3, -0.25) is 0 Å². The van der Waals surface area contributed by atoms with Crippen LogP contribution in [0.5, 0.6) is 5.75 Å². The molecule has 0 saturated heterocycles. The zero-order valence-corrected chi connectivity index (χ0v) is 11.5. The number of oxime groups is 1. The standard InChI is InChI=1S/C16H16FNO2/c1-12(14-8-15(17)10-16(9-14)19-2)18-20-11-13-6-4-3-5-7-13/h3-10H,11H2,1-2H3. The lowest BCUT2D eigenvalue weighted by Crippen LogP contribution is -1.99. The minimum Gasteiger partial charge on any atom is -0.497 e. The second kappa shape index (κ2) is 6.70. The lowest BCUT2D eigenvalue weighted by Gasteiger charge is -2.05. The molecule has 0 aliphatic heterocycles. The molecule has 2 aromatic rings. The molecule has 0 bridgehead atoms. The Kier molecular flexibility index (Phi) is 4.71. The van der Waals surface area contributed by atoms with Crippen LogP contribution >= 0.6 is 0 Å². The predicted molar refractivity (Wildman–Crippen MR) is 76.4 cm³/mol. The summed E-state index contributed by atoms with van der Waals surface area (Å²) in [6.45, 7) is 2.14. The Morgan fingerprint density at radius 1 is 1.15 bits per heavy atom. The van der Waals surface area contributed by atoms with E-state index in [9.17, 15) is 4.39 Å². The fourth-order valence-corrected chi connectivity index (χ4v) is 1.72. The first kappa shape index (κ1) is 14.1. The average Bonchev–Trinajstić information content (AvgIpc) is 2.47. The van der Waals surface area contributed by atoms with Crippen molar-refractivity contribution in [3.05, 3.63) is 65.5 Å². The Morgan fingerprint density at radius 2 is 1.90 bits per heavy atom. The van der Waals surface area contributed by atoms with Gasteiger partial charge in [0.15, 0.2) is 0 Å². The van der Waals surface area contributed by atoms with Crippen LogP contribution in [0, 0.1) is 5.82 Å². The van der Waals surface area contributed by atoms with Crippen LogP contribution < -0.4 is 4.74 Å². The van der Waals surface area contributed by atoms with E-state index in [1.54, 1.807) is 13.0 Å². The Balaban J connectivity index is 2.05. The van der Waals surface area contributed by atoms with Gasteiger partial charge in [-0.05, 0) is 24.6 Å². The molecule has 0 N–H and O–H groups in total. The van der Waals surface area contributed by atoms with Crippen molar-refractivity contribution in [2.75, 3.05) is 7.11 Å². The molecule has 3 nitrogen and oxygen atoms in total. The SMILES string of the molecule is COc1cc(F)cc(C(C)=NOCc2ccccc2)c1. The van der Waals surface area contributed by atoms with Gasteiger partial charge in [0.1, 0.15) is 18.2 Å². The Labute approximate surface area is 117 Å². The monoisotopic (exact) mass is 273 g/mol. The molecule has 0 aliphatic carbocycles. The maximum atomic E-state index is 13.4. The number of hydrogen-bond acceptors (Lipinski definition) is 3. The maximum absolute atomic E-state index is 13.4. The molecule has 2 aromatic carbocycles. The van der Waals surface area contributed by atoms with Gasteiger partial charge in [-0.15, -0.1) is 0 Å². The lowest BCUT2D eigenvalue weighted by molar-refractivity contribution is 0.130. The molecular formula is C16H16FNO2. The van der Waals surface area contributed by atoms with E-state index in [0.717, 1.165) is 5.56 Å². The van der Waals surface area contributed by atoms with Gasteiger partial charge in [0, 0.05) is 11.6 Å². The molecule has 0 fully saturated rings. The minimum atomic E-state index is -0.364. The number of ether oxygens (including phenoxy) is 1. The first-order chi connectivity index (χ1) is 9.69.